The first kappa shape index (κ1) is 19.5. The lowest BCUT2D eigenvalue weighted by Gasteiger charge is -2.11. The Morgan fingerprint density at radius 3 is 2.71 bits per heavy atom. The second-order valence-corrected chi connectivity index (χ2v) is 8.97. The fourth-order valence-electron chi connectivity index (χ4n) is 4.30. The summed E-state index contributed by atoms with van der Waals surface area (Å²) in [5, 5.41) is 14.3. The van der Waals surface area contributed by atoms with Gasteiger partial charge in [-0.05, 0) is 55.9 Å². The number of thiophene rings is 1. The van der Waals surface area contributed by atoms with Gasteiger partial charge in [-0.2, -0.15) is 5.26 Å². The summed E-state index contributed by atoms with van der Waals surface area (Å²) in [7, 11) is 0. The molecule has 4 aromatic rings. The molecule has 0 spiro atoms. The Balaban J connectivity index is 1.60. The highest BCUT2D eigenvalue weighted by molar-refractivity contribution is 7.16. The van der Waals surface area contributed by atoms with E-state index in [1.807, 2.05) is 61.5 Å². The third-order valence-electron chi connectivity index (χ3n) is 5.89. The molecule has 0 radical (unpaired) electrons. The molecule has 31 heavy (non-hydrogen) atoms. The van der Waals surface area contributed by atoms with Crippen molar-refractivity contribution in [2.45, 2.75) is 32.6 Å². The summed E-state index contributed by atoms with van der Waals surface area (Å²) in [5.74, 6) is -0.205. The van der Waals surface area contributed by atoms with Crippen LogP contribution in [-0.4, -0.2) is 10.9 Å². The monoisotopic (exact) mass is 423 g/mol. The molecule has 0 saturated carbocycles. The second-order valence-electron chi connectivity index (χ2n) is 7.87. The number of aryl methyl sites for hydroxylation is 2. The molecule has 5 heteroatoms. The maximum Gasteiger partial charge on any atom is 0.257 e. The van der Waals surface area contributed by atoms with Crippen LogP contribution in [0.15, 0.2) is 54.6 Å². The first-order chi connectivity index (χ1) is 15.2. The number of amides is 1. The molecule has 1 aliphatic carbocycles. The van der Waals surface area contributed by atoms with Crippen molar-refractivity contribution in [3.05, 3.63) is 81.7 Å². The number of anilines is 1. The van der Waals surface area contributed by atoms with E-state index in [-0.39, 0.29) is 5.91 Å². The molecule has 1 N–H and O–H groups in total. The molecule has 0 aliphatic heterocycles. The van der Waals surface area contributed by atoms with Crippen LogP contribution in [0.5, 0.6) is 0 Å². The van der Waals surface area contributed by atoms with E-state index in [2.05, 4.69) is 11.4 Å². The molecule has 4 nitrogen and oxygen atoms in total. The highest BCUT2D eigenvalue weighted by Crippen LogP contribution is 2.38. The van der Waals surface area contributed by atoms with Gasteiger partial charge in [0.1, 0.15) is 11.1 Å². The molecule has 5 rings (SSSR count). The van der Waals surface area contributed by atoms with Gasteiger partial charge >= 0.3 is 0 Å². The Bertz CT molecular complexity index is 1360. The minimum absolute atomic E-state index is 0.205. The minimum atomic E-state index is -0.205. The van der Waals surface area contributed by atoms with Crippen molar-refractivity contribution in [3.63, 3.8) is 0 Å². The Hall–Kier alpha value is -3.49. The smallest absolute Gasteiger partial charge is 0.257 e. The van der Waals surface area contributed by atoms with Crippen LogP contribution in [0, 0.1) is 18.3 Å². The Morgan fingerprint density at radius 2 is 1.87 bits per heavy atom. The first-order valence-electron chi connectivity index (χ1n) is 10.5. The Labute approximate surface area is 185 Å². The molecule has 152 valence electrons. The van der Waals surface area contributed by atoms with E-state index in [4.69, 9.17) is 4.98 Å². The SMILES string of the molecule is Cc1ccccc1-c1cc(C(=O)Nc2sc3c(c2C#N)CCCC3)c2ccccc2n1. The Kier molecular flexibility index (Phi) is 5.01. The number of para-hydroxylation sites is 1. The van der Waals surface area contributed by atoms with Gasteiger partial charge in [0.15, 0.2) is 0 Å². The molecule has 0 bridgehead atoms. The molecule has 1 amide bonds. The van der Waals surface area contributed by atoms with Crippen LogP contribution in [0.1, 0.15) is 44.8 Å². The van der Waals surface area contributed by atoms with Gasteiger partial charge in [0.25, 0.3) is 5.91 Å². The zero-order valence-electron chi connectivity index (χ0n) is 17.2. The molecule has 0 fully saturated rings. The third-order valence-corrected chi connectivity index (χ3v) is 7.10. The van der Waals surface area contributed by atoms with Crippen molar-refractivity contribution in [2.24, 2.45) is 0 Å². The van der Waals surface area contributed by atoms with Gasteiger partial charge in [-0.3, -0.25) is 4.79 Å². The van der Waals surface area contributed by atoms with E-state index in [0.29, 0.717) is 16.1 Å². The quantitative estimate of drug-likeness (QED) is 0.422. The number of aromatic nitrogens is 1. The number of benzene rings is 2. The highest BCUT2D eigenvalue weighted by atomic mass is 32.1. The zero-order valence-corrected chi connectivity index (χ0v) is 18.1. The first-order valence-corrected chi connectivity index (χ1v) is 11.3. The number of hydrogen-bond donors (Lipinski definition) is 1. The maximum absolute atomic E-state index is 13.4. The van der Waals surface area contributed by atoms with Crippen molar-refractivity contribution in [3.8, 4) is 17.3 Å². The van der Waals surface area contributed by atoms with Crippen LogP contribution < -0.4 is 5.32 Å². The van der Waals surface area contributed by atoms with Crippen LogP contribution in [0.3, 0.4) is 0 Å². The molecule has 2 aromatic carbocycles. The molecule has 2 heterocycles. The number of hydrogen-bond acceptors (Lipinski definition) is 4. The molecule has 0 atom stereocenters. The lowest BCUT2D eigenvalue weighted by molar-refractivity contribution is 0.102. The van der Waals surface area contributed by atoms with Gasteiger partial charge in [-0.1, -0.05) is 42.5 Å². The third kappa shape index (κ3) is 3.49. The summed E-state index contributed by atoms with van der Waals surface area (Å²) < 4.78 is 0. The van der Waals surface area contributed by atoms with Crippen molar-refractivity contribution >= 4 is 33.1 Å². The highest BCUT2D eigenvalue weighted by Gasteiger charge is 2.23. The average Bonchev–Trinajstić information content (AvgIpc) is 3.15. The van der Waals surface area contributed by atoms with Crippen molar-refractivity contribution in [1.82, 2.24) is 4.98 Å². The van der Waals surface area contributed by atoms with Crippen LogP contribution in [0.4, 0.5) is 5.00 Å². The van der Waals surface area contributed by atoms with Crippen LogP contribution in [-0.2, 0) is 12.8 Å². The predicted octanol–water partition coefficient (Wildman–Crippen LogP) is 6.27. The van der Waals surface area contributed by atoms with E-state index in [1.54, 1.807) is 11.3 Å². The number of nitrogens with one attached hydrogen (secondary N) is 1. The number of carbonyl (C=O) groups is 1. The van der Waals surface area contributed by atoms with Gasteiger partial charge in [0.05, 0.1) is 22.3 Å². The van der Waals surface area contributed by atoms with E-state index < -0.39 is 0 Å². The molecule has 0 unspecified atom stereocenters. The second kappa shape index (κ2) is 7.98. The lowest BCUT2D eigenvalue weighted by Crippen LogP contribution is -2.13. The summed E-state index contributed by atoms with van der Waals surface area (Å²) in [5.41, 5.74) is 5.98. The molecular weight excluding hydrogens is 402 g/mol. The number of pyridine rings is 1. The van der Waals surface area contributed by atoms with Crippen molar-refractivity contribution in [1.29, 1.82) is 5.26 Å². The number of fused-ring (bicyclic) bond motifs is 2. The minimum Gasteiger partial charge on any atom is -0.312 e. The average molecular weight is 424 g/mol. The Morgan fingerprint density at radius 1 is 1.10 bits per heavy atom. The summed E-state index contributed by atoms with van der Waals surface area (Å²) in [4.78, 5) is 19.5. The fraction of sp³-hybridized carbons (Fsp3) is 0.192. The molecular formula is C26H21N3OS. The topological polar surface area (TPSA) is 65.8 Å². The van der Waals surface area contributed by atoms with Gasteiger partial charge in [0.2, 0.25) is 0 Å². The number of rotatable bonds is 3. The zero-order chi connectivity index (χ0) is 21.4. The molecule has 0 saturated heterocycles. The summed E-state index contributed by atoms with van der Waals surface area (Å²) in [6.07, 6.45) is 4.14. The molecule has 1 aliphatic rings. The van der Waals surface area contributed by atoms with Crippen LogP contribution in [0.2, 0.25) is 0 Å². The standard InChI is InChI=1S/C26H21N3OS/c1-16-8-2-3-9-17(16)23-14-20(18-10-4-6-12-22(18)28-23)25(30)29-26-21(15-27)19-11-5-7-13-24(19)31-26/h2-4,6,8-10,12,14H,5,7,11,13H2,1H3,(H,29,30). The summed E-state index contributed by atoms with van der Waals surface area (Å²) >= 11 is 1.55. The predicted molar refractivity (Wildman–Crippen MR) is 126 cm³/mol. The van der Waals surface area contributed by atoms with Gasteiger partial charge < -0.3 is 5.32 Å². The van der Waals surface area contributed by atoms with E-state index in [1.165, 1.54) is 4.88 Å². The van der Waals surface area contributed by atoms with E-state index in [0.717, 1.165) is 59.0 Å². The van der Waals surface area contributed by atoms with Crippen LogP contribution >= 0.6 is 11.3 Å². The van der Waals surface area contributed by atoms with E-state index in [9.17, 15) is 10.1 Å². The maximum atomic E-state index is 13.4. The van der Waals surface area contributed by atoms with Gasteiger partial charge in [0, 0.05) is 15.8 Å². The summed E-state index contributed by atoms with van der Waals surface area (Å²) in [6, 6.07) is 19.9. The lowest BCUT2D eigenvalue weighted by atomic mass is 9.96. The summed E-state index contributed by atoms with van der Waals surface area (Å²) in [6.45, 7) is 2.04. The van der Waals surface area contributed by atoms with Gasteiger partial charge in [-0.15, -0.1) is 11.3 Å². The number of nitriles is 1. The fourth-order valence-corrected chi connectivity index (χ4v) is 5.54. The van der Waals surface area contributed by atoms with E-state index >= 15 is 0 Å². The number of carbonyl (C=O) groups excluding carboxylic acids is 1. The van der Waals surface area contributed by atoms with Crippen molar-refractivity contribution in [2.75, 3.05) is 5.32 Å². The van der Waals surface area contributed by atoms with Crippen molar-refractivity contribution < 1.29 is 4.79 Å². The van der Waals surface area contributed by atoms with Gasteiger partial charge in [-0.25, -0.2) is 4.98 Å². The number of nitrogens with zero attached hydrogens (tertiary/aromatic N) is 2. The largest absolute Gasteiger partial charge is 0.312 e. The molecule has 2 aromatic heterocycles. The van der Waals surface area contributed by atoms with Crippen LogP contribution in [0.25, 0.3) is 22.2 Å². The normalized spacial score (nSPS) is 12.9.